The van der Waals surface area contributed by atoms with Crippen LogP contribution in [-0.4, -0.2) is 4.92 Å². The van der Waals surface area contributed by atoms with Crippen LogP contribution in [0.3, 0.4) is 0 Å². The Morgan fingerprint density at radius 1 is 1.19 bits per heavy atom. The zero-order valence-corrected chi connectivity index (χ0v) is 11.7. The van der Waals surface area contributed by atoms with Gasteiger partial charge in [0.2, 0.25) is 0 Å². The van der Waals surface area contributed by atoms with Crippen molar-refractivity contribution in [2.45, 2.75) is 0 Å². The summed E-state index contributed by atoms with van der Waals surface area (Å²) in [5.41, 5.74) is 0.326. The first-order valence-corrected chi connectivity index (χ1v) is 6.28. The molecule has 0 bridgehead atoms. The summed E-state index contributed by atoms with van der Waals surface area (Å²) in [6.07, 6.45) is 0. The molecule has 2 aromatic carbocycles. The molecule has 0 aliphatic heterocycles. The molecule has 1 N–H and O–H groups in total. The normalized spacial score (nSPS) is 10.0. The van der Waals surface area contributed by atoms with Gasteiger partial charge in [0, 0.05) is 17.4 Å². The van der Waals surface area contributed by atoms with Gasteiger partial charge in [-0.05, 0) is 24.3 Å². The van der Waals surface area contributed by atoms with Crippen molar-refractivity contribution < 1.29 is 9.31 Å². The minimum atomic E-state index is -0.741. The van der Waals surface area contributed by atoms with E-state index in [9.17, 15) is 14.5 Å². The van der Waals surface area contributed by atoms with E-state index in [-0.39, 0.29) is 21.3 Å². The summed E-state index contributed by atoms with van der Waals surface area (Å²) in [6, 6.07) is 8.32. The van der Waals surface area contributed by atoms with E-state index in [2.05, 4.69) is 5.32 Å². The van der Waals surface area contributed by atoms with Crippen LogP contribution < -0.4 is 5.32 Å². The summed E-state index contributed by atoms with van der Waals surface area (Å²) in [7, 11) is 0. The fraction of sp³-hybridized carbons (Fsp3) is 0. The summed E-state index contributed by atoms with van der Waals surface area (Å²) in [5, 5.41) is 22.1. The van der Waals surface area contributed by atoms with Crippen LogP contribution in [0.5, 0.6) is 0 Å². The van der Waals surface area contributed by atoms with Crippen molar-refractivity contribution in [1.82, 2.24) is 0 Å². The fourth-order valence-corrected chi connectivity index (χ4v) is 2.14. The molecule has 0 unspecified atom stereocenters. The topological polar surface area (TPSA) is 79.0 Å². The molecule has 0 atom stereocenters. The summed E-state index contributed by atoms with van der Waals surface area (Å²) in [6.45, 7) is 0. The van der Waals surface area contributed by atoms with Gasteiger partial charge in [-0.1, -0.05) is 23.2 Å². The van der Waals surface area contributed by atoms with Gasteiger partial charge < -0.3 is 5.32 Å². The number of anilines is 2. The van der Waals surface area contributed by atoms with E-state index in [1.807, 2.05) is 0 Å². The highest BCUT2D eigenvalue weighted by Crippen LogP contribution is 2.30. The maximum Gasteiger partial charge on any atom is 0.289 e. The average molecular weight is 326 g/mol. The molecule has 5 nitrogen and oxygen atoms in total. The molecule has 21 heavy (non-hydrogen) atoms. The van der Waals surface area contributed by atoms with Crippen LogP contribution in [0.2, 0.25) is 10.0 Å². The first-order valence-electron chi connectivity index (χ1n) is 5.52. The number of nitro groups is 1. The first kappa shape index (κ1) is 15.0. The molecule has 0 amide bonds. The Labute approximate surface area is 128 Å². The minimum Gasteiger partial charge on any atom is -0.355 e. The third-order valence-corrected chi connectivity index (χ3v) is 3.14. The third kappa shape index (κ3) is 3.21. The van der Waals surface area contributed by atoms with E-state index in [0.717, 1.165) is 0 Å². The Kier molecular flexibility index (Phi) is 4.26. The molecule has 0 fully saturated rings. The molecule has 0 saturated heterocycles. The molecular formula is C13H6Cl2FN3O2. The number of rotatable bonds is 3. The van der Waals surface area contributed by atoms with Crippen LogP contribution in [0.25, 0.3) is 0 Å². The molecule has 8 heteroatoms. The maximum atomic E-state index is 13.3. The van der Waals surface area contributed by atoms with Gasteiger partial charge >= 0.3 is 0 Å². The van der Waals surface area contributed by atoms with Gasteiger partial charge in [-0.15, -0.1) is 0 Å². The molecule has 0 aliphatic carbocycles. The lowest BCUT2D eigenvalue weighted by atomic mass is 10.1. The van der Waals surface area contributed by atoms with Crippen molar-refractivity contribution in [2.24, 2.45) is 0 Å². The number of nitrogens with zero attached hydrogens (tertiary/aromatic N) is 2. The van der Waals surface area contributed by atoms with Gasteiger partial charge in [0.25, 0.3) is 5.69 Å². The van der Waals surface area contributed by atoms with Crippen molar-refractivity contribution in [3.63, 3.8) is 0 Å². The summed E-state index contributed by atoms with van der Waals surface area (Å²) < 4.78 is 13.3. The highest BCUT2D eigenvalue weighted by atomic mass is 35.5. The average Bonchev–Trinajstić information content (AvgIpc) is 2.44. The van der Waals surface area contributed by atoms with Crippen molar-refractivity contribution in [1.29, 1.82) is 5.26 Å². The number of nitro benzene ring substituents is 1. The van der Waals surface area contributed by atoms with E-state index in [1.54, 1.807) is 6.07 Å². The zero-order valence-electron chi connectivity index (χ0n) is 10.2. The van der Waals surface area contributed by atoms with E-state index in [4.69, 9.17) is 28.5 Å². The Morgan fingerprint density at radius 2 is 1.81 bits per heavy atom. The molecule has 106 valence electrons. The maximum absolute atomic E-state index is 13.3. The number of halogens is 3. The number of nitrogens with one attached hydrogen (secondary N) is 1. The molecule has 0 spiro atoms. The van der Waals surface area contributed by atoms with Crippen LogP contribution >= 0.6 is 23.2 Å². The highest BCUT2D eigenvalue weighted by molar-refractivity contribution is 6.35. The van der Waals surface area contributed by atoms with Gasteiger partial charge in [0.05, 0.1) is 15.0 Å². The minimum absolute atomic E-state index is 0.0549. The molecular weight excluding hydrogens is 320 g/mol. The zero-order chi connectivity index (χ0) is 15.6. The summed E-state index contributed by atoms with van der Waals surface area (Å²) in [5.74, 6) is -0.741. The number of nitriles is 1. The fourth-order valence-electron chi connectivity index (χ4n) is 1.65. The lowest BCUT2D eigenvalue weighted by Crippen LogP contribution is -1.96. The van der Waals surface area contributed by atoms with Crippen LogP contribution in [0, 0.1) is 27.3 Å². The van der Waals surface area contributed by atoms with Gasteiger partial charge in [-0.3, -0.25) is 10.1 Å². The highest BCUT2D eigenvalue weighted by Gasteiger charge is 2.15. The van der Waals surface area contributed by atoms with Crippen molar-refractivity contribution in [2.75, 3.05) is 5.32 Å². The smallest absolute Gasteiger partial charge is 0.289 e. The molecule has 2 aromatic rings. The Morgan fingerprint density at radius 3 is 2.33 bits per heavy atom. The summed E-state index contributed by atoms with van der Waals surface area (Å²) in [4.78, 5) is 10.2. The lowest BCUT2D eigenvalue weighted by Gasteiger charge is -2.08. The third-order valence-electron chi connectivity index (χ3n) is 2.59. The first-order chi connectivity index (χ1) is 9.92. The Bertz CT molecular complexity index is 751. The molecule has 0 heterocycles. The van der Waals surface area contributed by atoms with Crippen LogP contribution in [0.4, 0.5) is 21.5 Å². The predicted octanol–water partition coefficient (Wildman–Crippen LogP) is 4.66. The van der Waals surface area contributed by atoms with Crippen LogP contribution in [0.15, 0.2) is 30.3 Å². The van der Waals surface area contributed by atoms with Crippen molar-refractivity contribution in [3.8, 4) is 6.07 Å². The Balaban J connectivity index is 2.39. The predicted molar refractivity (Wildman–Crippen MR) is 77.5 cm³/mol. The second-order valence-corrected chi connectivity index (χ2v) is 4.79. The second kappa shape index (κ2) is 5.95. The van der Waals surface area contributed by atoms with E-state index >= 15 is 0 Å². The van der Waals surface area contributed by atoms with Crippen molar-refractivity contribution >= 4 is 40.3 Å². The lowest BCUT2D eigenvalue weighted by molar-refractivity contribution is -0.385. The molecule has 2 rings (SSSR count). The van der Waals surface area contributed by atoms with E-state index < -0.39 is 10.7 Å². The monoisotopic (exact) mass is 325 g/mol. The molecule has 0 saturated carbocycles. The number of hydrogen-bond acceptors (Lipinski definition) is 4. The second-order valence-electron chi connectivity index (χ2n) is 3.98. The molecule has 0 radical (unpaired) electrons. The number of hydrogen-bond donors (Lipinski definition) is 1. The Hall–Kier alpha value is -2.36. The number of benzene rings is 2. The van der Waals surface area contributed by atoms with Gasteiger partial charge in [-0.25, -0.2) is 4.39 Å². The SMILES string of the molecule is N#Cc1ccc(Nc2cc(Cl)c(F)c(Cl)c2)cc1[N+](=O)[O-]. The van der Waals surface area contributed by atoms with Crippen molar-refractivity contribution in [3.05, 3.63) is 61.9 Å². The van der Waals surface area contributed by atoms with Crippen LogP contribution in [0.1, 0.15) is 5.56 Å². The van der Waals surface area contributed by atoms with Crippen LogP contribution in [-0.2, 0) is 0 Å². The standard InChI is InChI=1S/C13H6Cl2FN3O2/c14-10-3-9(4-11(15)13(10)16)18-8-2-1-7(6-17)12(5-8)19(20)21/h1-5,18H. The van der Waals surface area contributed by atoms with Gasteiger partial charge in [0.15, 0.2) is 5.82 Å². The quantitative estimate of drug-likeness (QED) is 0.505. The van der Waals surface area contributed by atoms with E-state index in [1.165, 1.54) is 30.3 Å². The van der Waals surface area contributed by atoms with Gasteiger partial charge in [-0.2, -0.15) is 5.26 Å². The summed E-state index contributed by atoms with van der Waals surface area (Å²) >= 11 is 11.3. The van der Waals surface area contributed by atoms with E-state index in [0.29, 0.717) is 11.4 Å². The largest absolute Gasteiger partial charge is 0.355 e. The molecule has 0 aliphatic rings. The van der Waals surface area contributed by atoms with Gasteiger partial charge in [0.1, 0.15) is 11.6 Å². The molecule has 0 aromatic heterocycles.